The van der Waals surface area contributed by atoms with E-state index < -0.39 is 0 Å². The number of carbonyl (C=O) groups is 2. The van der Waals surface area contributed by atoms with Crippen LogP contribution >= 0.6 is 0 Å². The van der Waals surface area contributed by atoms with E-state index in [0.29, 0.717) is 24.9 Å². The predicted octanol–water partition coefficient (Wildman–Crippen LogP) is 4.20. The Morgan fingerprint density at radius 3 is 2.93 bits per heavy atom. The Bertz CT molecular complexity index is 774. The number of benzene rings is 1. The lowest BCUT2D eigenvalue weighted by molar-refractivity contribution is -0.118. The molecule has 3 rings (SSSR count). The van der Waals surface area contributed by atoms with Gasteiger partial charge < -0.3 is 15.1 Å². The number of amides is 1. The van der Waals surface area contributed by atoms with Crippen molar-refractivity contribution in [3.63, 3.8) is 0 Å². The topological polar surface area (TPSA) is 52.7 Å². The number of allylic oxidation sites excluding steroid dienone is 1. The zero-order chi connectivity index (χ0) is 21.5. The standard InChI is InChI=1S/C25H37N3O2/c1-4-5-6-12-27(18-29)13-10-24-15-23(17-28(24)16-19(2)30)20(3)21-7-8-25-22(14-21)9-11-26-25/h7-8,10,14,18,20,23,26H,4-6,9,11-13,15-17H2,1-3H3/b24-10+. The molecule has 0 aliphatic carbocycles. The number of anilines is 1. The first-order valence-electron chi connectivity index (χ1n) is 11.5. The van der Waals surface area contributed by atoms with Gasteiger partial charge in [-0.05, 0) is 61.3 Å². The lowest BCUT2D eigenvalue weighted by Crippen LogP contribution is -2.28. The molecule has 1 amide bonds. The Hall–Kier alpha value is -2.30. The second-order valence-electron chi connectivity index (χ2n) is 8.93. The summed E-state index contributed by atoms with van der Waals surface area (Å²) in [6.45, 7) is 9.96. The van der Waals surface area contributed by atoms with Gasteiger partial charge in [0.2, 0.25) is 6.41 Å². The first kappa shape index (κ1) is 22.4. The smallest absolute Gasteiger partial charge is 0.209 e. The Morgan fingerprint density at radius 2 is 2.20 bits per heavy atom. The highest BCUT2D eigenvalue weighted by Crippen LogP contribution is 2.38. The number of hydrogen-bond acceptors (Lipinski definition) is 4. The molecule has 1 aromatic rings. The monoisotopic (exact) mass is 411 g/mol. The minimum atomic E-state index is 0.188. The first-order chi connectivity index (χ1) is 14.5. The number of rotatable bonds is 11. The van der Waals surface area contributed by atoms with E-state index in [2.05, 4.69) is 48.3 Å². The number of likely N-dealkylation sites (tertiary alicyclic amines) is 1. The Labute approximate surface area is 181 Å². The second-order valence-corrected chi connectivity index (χ2v) is 8.93. The van der Waals surface area contributed by atoms with Gasteiger partial charge in [-0.25, -0.2) is 0 Å². The number of Topliss-reactive ketones (excluding diaryl/α,β-unsaturated/α-hetero) is 1. The van der Waals surface area contributed by atoms with Crippen LogP contribution in [0.2, 0.25) is 0 Å². The molecule has 2 aliphatic heterocycles. The van der Waals surface area contributed by atoms with Crippen LogP contribution in [0.4, 0.5) is 5.69 Å². The molecule has 0 saturated carbocycles. The fourth-order valence-corrected chi connectivity index (χ4v) is 4.70. The van der Waals surface area contributed by atoms with Gasteiger partial charge in [0.25, 0.3) is 0 Å². The van der Waals surface area contributed by atoms with Gasteiger partial charge in [-0.2, -0.15) is 0 Å². The molecule has 1 fully saturated rings. The maximum absolute atomic E-state index is 11.8. The average molecular weight is 412 g/mol. The Balaban J connectivity index is 1.68. The molecule has 164 valence electrons. The van der Waals surface area contributed by atoms with E-state index in [0.717, 1.165) is 58.1 Å². The van der Waals surface area contributed by atoms with Crippen molar-refractivity contribution in [2.45, 2.75) is 58.8 Å². The molecule has 0 bridgehead atoms. The summed E-state index contributed by atoms with van der Waals surface area (Å²) in [5.41, 5.74) is 5.29. The van der Waals surface area contributed by atoms with Crippen LogP contribution < -0.4 is 5.32 Å². The van der Waals surface area contributed by atoms with Crippen molar-refractivity contribution in [1.29, 1.82) is 0 Å². The summed E-state index contributed by atoms with van der Waals surface area (Å²) >= 11 is 0. The largest absolute Gasteiger partial charge is 0.384 e. The lowest BCUT2D eigenvalue weighted by Gasteiger charge is -2.22. The summed E-state index contributed by atoms with van der Waals surface area (Å²) in [7, 11) is 0. The summed E-state index contributed by atoms with van der Waals surface area (Å²) in [6, 6.07) is 6.82. The van der Waals surface area contributed by atoms with Crippen LogP contribution in [0.1, 0.15) is 63.5 Å². The highest BCUT2D eigenvalue weighted by atomic mass is 16.1. The molecular weight excluding hydrogens is 374 g/mol. The molecular formula is C25H37N3O2. The number of nitrogens with one attached hydrogen (secondary N) is 1. The van der Waals surface area contributed by atoms with E-state index in [-0.39, 0.29) is 5.78 Å². The molecule has 5 heteroatoms. The van der Waals surface area contributed by atoms with Crippen LogP contribution in [0, 0.1) is 5.92 Å². The molecule has 0 aromatic heterocycles. The third-order valence-corrected chi connectivity index (χ3v) is 6.58. The minimum Gasteiger partial charge on any atom is -0.384 e. The van der Waals surface area contributed by atoms with E-state index in [1.54, 1.807) is 6.92 Å². The zero-order valence-corrected chi connectivity index (χ0v) is 18.8. The quantitative estimate of drug-likeness (QED) is 0.438. The fraction of sp³-hybridized carbons (Fsp3) is 0.600. The average Bonchev–Trinajstić information content (AvgIpc) is 3.36. The van der Waals surface area contributed by atoms with E-state index >= 15 is 0 Å². The van der Waals surface area contributed by atoms with Crippen LogP contribution in [-0.2, 0) is 16.0 Å². The molecule has 1 aromatic carbocycles. The van der Waals surface area contributed by atoms with Crippen molar-refractivity contribution in [1.82, 2.24) is 9.80 Å². The number of carbonyl (C=O) groups excluding carboxylic acids is 2. The van der Waals surface area contributed by atoms with Gasteiger partial charge in [-0.1, -0.05) is 38.8 Å². The molecule has 2 aliphatic rings. The van der Waals surface area contributed by atoms with Gasteiger partial charge in [0.1, 0.15) is 5.78 Å². The van der Waals surface area contributed by atoms with Crippen molar-refractivity contribution < 1.29 is 9.59 Å². The lowest BCUT2D eigenvalue weighted by atomic mass is 9.85. The van der Waals surface area contributed by atoms with Gasteiger partial charge in [0.15, 0.2) is 0 Å². The number of hydrogen-bond donors (Lipinski definition) is 1. The van der Waals surface area contributed by atoms with E-state index in [1.165, 1.54) is 22.5 Å². The van der Waals surface area contributed by atoms with E-state index in [1.807, 2.05) is 4.90 Å². The number of nitrogens with zero attached hydrogens (tertiary/aromatic N) is 2. The molecule has 2 unspecified atom stereocenters. The first-order valence-corrected chi connectivity index (χ1v) is 11.5. The number of fused-ring (bicyclic) bond motifs is 1. The normalized spacial score (nSPS) is 20.2. The molecule has 0 radical (unpaired) electrons. The maximum Gasteiger partial charge on any atom is 0.209 e. The van der Waals surface area contributed by atoms with Crippen molar-refractivity contribution in [3.05, 3.63) is 41.1 Å². The molecule has 2 heterocycles. The van der Waals surface area contributed by atoms with Crippen molar-refractivity contribution in [3.8, 4) is 0 Å². The second kappa shape index (κ2) is 10.6. The molecule has 2 atom stereocenters. The van der Waals surface area contributed by atoms with Crippen LogP contribution in [0.3, 0.4) is 0 Å². The Kier molecular flexibility index (Phi) is 7.94. The molecule has 30 heavy (non-hydrogen) atoms. The highest BCUT2D eigenvalue weighted by molar-refractivity contribution is 5.78. The van der Waals surface area contributed by atoms with Crippen LogP contribution in [0.25, 0.3) is 0 Å². The maximum atomic E-state index is 11.8. The summed E-state index contributed by atoms with van der Waals surface area (Å²) in [4.78, 5) is 27.4. The van der Waals surface area contributed by atoms with Gasteiger partial charge in [-0.15, -0.1) is 0 Å². The molecule has 0 spiro atoms. The third-order valence-electron chi connectivity index (χ3n) is 6.58. The van der Waals surface area contributed by atoms with E-state index in [4.69, 9.17) is 0 Å². The van der Waals surface area contributed by atoms with Gasteiger partial charge in [-0.3, -0.25) is 9.59 Å². The van der Waals surface area contributed by atoms with E-state index in [9.17, 15) is 9.59 Å². The molecule has 1 N–H and O–H groups in total. The molecule has 1 saturated heterocycles. The summed E-state index contributed by atoms with van der Waals surface area (Å²) in [5.74, 6) is 1.10. The minimum absolute atomic E-state index is 0.188. The highest BCUT2D eigenvalue weighted by Gasteiger charge is 2.31. The van der Waals surface area contributed by atoms with Gasteiger partial charge >= 0.3 is 0 Å². The van der Waals surface area contributed by atoms with Crippen molar-refractivity contribution in [2.24, 2.45) is 5.92 Å². The summed E-state index contributed by atoms with van der Waals surface area (Å²) in [6.07, 6.45) is 8.53. The summed E-state index contributed by atoms with van der Waals surface area (Å²) in [5, 5.41) is 3.43. The third kappa shape index (κ3) is 5.65. The Morgan fingerprint density at radius 1 is 1.37 bits per heavy atom. The SMILES string of the molecule is CCCCCN(C=O)C/C=C1\CC(C(C)c2ccc3c(c2)CCN3)CN1CC(C)=O. The van der Waals surface area contributed by atoms with Crippen LogP contribution in [0.15, 0.2) is 30.0 Å². The summed E-state index contributed by atoms with van der Waals surface area (Å²) < 4.78 is 0. The number of ketones is 1. The van der Waals surface area contributed by atoms with Gasteiger partial charge in [0.05, 0.1) is 6.54 Å². The van der Waals surface area contributed by atoms with Gasteiger partial charge in [0, 0.05) is 37.6 Å². The molecule has 5 nitrogen and oxygen atoms in total. The van der Waals surface area contributed by atoms with Crippen LogP contribution in [0.5, 0.6) is 0 Å². The van der Waals surface area contributed by atoms with Crippen LogP contribution in [-0.4, -0.2) is 54.7 Å². The predicted molar refractivity (Wildman–Crippen MR) is 123 cm³/mol. The van der Waals surface area contributed by atoms with Crippen molar-refractivity contribution >= 4 is 17.9 Å². The zero-order valence-electron chi connectivity index (χ0n) is 18.8. The fourth-order valence-electron chi connectivity index (χ4n) is 4.70. The van der Waals surface area contributed by atoms with Crippen molar-refractivity contribution in [2.75, 3.05) is 38.0 Å². The number of unbranched alkanes of at least 4 members (excludes halogenated alkanes) is 2.